The molecule has 31 heavy (non-hydrogen) atoms. The van der Waals surface area contributed by atoms with E-state index in [1.165, 1.54) is 6.07 Å². The maximum atomic E-state index is 14.2. The second-order valence-corrected chi connectivity index (χ2v) is 7.29. The summed E-state index contributed by atoms with van der Waals surface area (Å²) in [5, 5.41) is 2.94. The lowest BCUT2D eigenvalue weighted by molar-refractivity contribution is -0.117. The molecular weight excluding hydrogens is 397 g/mol. The summed E-state index contributed by atoms with van der Waals surface area (Å²) in [6, 6.07) is 14.1. The minimum Gasteiger partial charge on any atom is -0.492 e. The molecule has 1 amide bonds. The lowest BCUT2D eigenvalue weighted by atomic mass is 10.2. The molecule has 4 rings (SSSR count). The van der Waals surface area contributed by atoms with E-state index in [0.29, 0.717) is 62.4 Å². The summed E-state index contributed by atoms with van der Waals surface area (Å²) >= 11 is 0. The molecule has 8 heteroatoms. The Bertz CT molecular complexity index is 1030. The van der Waals surface area contributed by atoms with Crippen LogP contribution >= 0.6 is 0 Å². The first-order valence-electron chi connectivity index (χ1n) is 10.4. The highest BCUT2D eigenvalue weighted by atomic mass is 19.1. The van der Waals surface area contributed by atoms with Crippen molar-refractivity contribution in [1.29, 1.82) is 0 Å². The molecule has 1 fully saturated rings. The molecule has 0 unspecified atom stereocenters. The van der Waals surface area contributed by atoms with Crippen LogP contribution in [0.5, 0.6) is 5.75 Å². The van der Waals surface area contributed by atoms with E-state index in [-0.39, 0.29) is 11.7 Å². The first-order chi connectivity index (χ1) is 15.2. The van der Waals surface area contributed by atoms with Crippen LogP contribution in [0.15, 0.2) is 60.9 Å². The molecule has 7 nitrogen and oxygen atoms in total. The Morgan fingerprint density at radius 2 is 1.84 bits per heavy atom. The number of aromatic nitrogens is 2. The second-order valence-electron chi connectivity index (χ2n) is 7.29. The molecule has 2 heterocycles. The summed E-state index contributed by atoms with van der Waals surface area (Å²) in [6.45, 7) is 5.58. The van der Waals surface area contributed by atoms with Gasteiger partial charge in [-0.2, -0.15) is 0 Å². The topological polar surface area (TPSA) is 62.6 Å². The zero-order valence-corrected chi connectivity index (χ0v) is 17.5. The number of hydrogen-bond acceptors (Lipinski definition) is 5. The minimum absolute atomic E-state index is 0.0755. The van der Waals surface area contributed by atoms with E-state index in [2.05, 4.69) is 20.1 Å². The van der Waals surface area contributed by atoms with Crippen molar-refractivity contribution in [1.82, 2.24) is 14.5 Å². The number of amides is 1. The van der Waals surface area contributed by atoms with Gasteiger partial charge in [0.1, 0.15) is 11.6 Å². The molecule has 1 aliphatic heterocycles. The number of anilines is 2. The summed E-state index contributed by atoms with van der Waals surface area (Å²) in [5.74, 6) is 1.01. The summed E-state index contributed by atoms with van der Waals surface area (Å²) in [5.41, 5.74) is 1.16. The van der Waals surface area contributed by atoms with Crippen molar-refractivity contribution in [2.24, 2.45) is 0 Å². The summed E-state index contributed by atoms with van der Waals surface area (Å²) in [4.78, 5) is 21.2. The molecule has 1 saturated heterocycles. The first kappa shape index (κ1) is 20.9. The third-order valence-electron chi connectivity index (χ3n) is 5.22. The number of halogens is 1. The average Bonchev–Trinajstić information content (AvgIpc) is 3.26. The van der Waals surface area contributed by atoms with Crippen molar-refractivity contribution < 1.29 is 13.9 Å². The van der Waals surface area contributed by atoms with Gasteiger partial charge in [-0.05, 0) is 31.2 Å². The van der Waals surface area contributed by atoms with E-state index in [1.54, 1.807) is 29.1 Å². The van der Waals surface area contributed by atoms with Gasteiger partial charge in [0.15, 0.2) is 0 Å². The van der Waals surface area contributed by atoms with Gasteiger partial charge in [0.05, 0.1) is 24.5 Å². The monoisotopic (exact) mass is 423 g/mol. The normalized spacial score (nSPS) is 14.5. The van der Waals surface area contributed by atoms with Crippen LogP contribution in [-0.2, 0) is 4.79 Å². The quantitative estimate of drug-likeness (QED) is 0.633. The van der Waals surface area contributed by atoms with Crippen LogP contribution < -0.4 is 15.0 Å². The number of carbonyl (C=O) groups is 1. The van der Waals surface area contributed by atoms with Crippen molar-refractivity contribution in [2.45, 2.75) is 6.92 Å². The highest BCUT2D eigenvalue weighted by molar-refractivity contribution is 5.93. The lowest BCUT2D eigenvalue weighted by Gasteiger charge is -2.35. The summed E-state index contributed by atoms with van der Waals surface area (Å²) < 4.78 is 21.6. The number of ether oxygens (including phenoxy) is 1. The molecule has 1 aliphatic rings. The minimum atomic E-state index is -0.288. The van der Waals surface area contributed by atoms with E-state index < -0.39 is 0 Å². The van der Waals surface area contributed by atoms with Crippen LogP contribution in [0, 0.1) is 5.82 Å². The Labute approximate surface area is 181 Å². The number of carbonyl (C=O) groups excluding carboxylic acids is 1. The van der Waals surface area contributed by atoms with E-state index in [1.807, 2.05) is 37.3 Å². The maximum absolute atomic E-state index is 14.2. The van der Waals surface area contributed by atoms with Gasteiger partial charge in [0.2, 0.25) is 11.9 Å². The molecular formula is C23H26FN5O2. The lowest BCUT2D eigenvalue weighted by Crippen LogP contribution is -2.49. The Kier molecular flexibility index (Phi) is 6.47. The van der Waals surface area contributed by atoms with E-state index in [0.717, 1.165) is 0 Å². The largest absolute Gasteiger partial charge is 0.492 e. The van der Waals surface area contributed by atoms with E-state index in [9.17, 15) is 9.18 Å². The van der Waals surface area contributed by atoms with Crippen LogP contribution in [0.3, 0.4) is 0 Å². The Morgan fingerprint density at radius 3 is 2.61 bits per heavy atom. The molecule has 0 radical (unpaired) electrons. The number of hydrogen-bond donors (Lipinski definition) is 1. The van der Waals surface area contributed by atoms with Gasteiger partial charge in [-0.15, -0.1) is 0 Å². The molecule has 0 aliphatic carbocycles. The number of piperazine rings is 1. The highest BCUT2D eigenvalue weighted by Gasteiger charge is 2.23. The SMILES string of the molecule is CCOc1ccccc1NC(=O)CN1CCN(c2nccn2-c2ccccc2F)CC1. The molecule has 1 aromatic heterocycles. The van der Waals surface area contributed by atoms with Gasteiger partial charge in [0, 0.05) is 38.6 Å². The molecule has 1 N–H and O–H groups in total. The molecule has 2 aromatic carbocycles. The fourth-order valence-corrected chi connectivity index (χ4v) is 3.71. The number of imidazole rings is 1. The first-order valence-corrected chi connectivity index (χ1v) is 10.4. The van der Waals surface area contributed by atoms with Gasteiger partial charge < -0.3 is 15.0 Å². The van der Waals surface area contributed by atoms with Crippen molar-refractivity contribution >= 4 is 17.5 Å². The maximum Gasteiger partial charge on any atom is 0.238 e. The number of nitrogens with one attached hydrogen (secondary N) is 1. The average molecular weight is 423 g/mol. The van der Waals surface area contributed by atoms with E-state index in [4.69, 9.17) is 4.74 Å². The predicted molar refractivity (Wildman–Crippen MR) is 118 cm³/mol. The van der Waals surface area contributed by atoms with Gasteiger partial charge in [-0.1, -0.05) is 24.3 Å². The summed E-state index contributed by atoms with van der Waals surface area (Å²) in [6.07, 6.45) is 3.45. The van der Waals surface area contributed by atoms with Crippen molar-refractivity contribution in [3.8, 4) is 11.4 Å². The Hall–Kier alpha value is -3.39. The highest BCUT2D eigenvalue weighted by Crippen LogP contribution is 2.24. The summed E-state index contributed by atoms with van der Waals surface area (Å²) in [7, 11) is 0. The Morgan fingerprint density at radius 1 is 1.10 bits per heavy atom. The zero-order chi connectivity index (χ0) is 21.6. The van der Waals surface area contributed by atoms with Gasteiger partial charge in [-0.3, -0.25) is 14.3 Å². The van der Waals surface area contributed by atoms with E-state index >= 15 is 0 Å². The van der Waals surface area contributed by atoms with Crippen LogP contribution in [0.1, 0.15) is 6.92 Å². The van der Waals surface area contributed by atoms with Crippen molar-refractivity contribution in [2.75, 3.05) is 49.5 Å². The van der Waals surface area contributed by atoms with Gasteiger partial charge in [0.25, 0.3) is 0 Å². The Balaban J connectivity index is 1.35. The standard InChI is InChI=1S/C23H26FN5O2/c1-2-31-21-10-6-4-8-19(21)26-22(30)17-27-13-15-28(16-14-27)23-25-11-12-29(23)20-9-5-3-7-18(20)24/h3-12H,2,13-17H2,1H3,(H,26,30). The van der Waals surface area contributed by atoms with Gasteiger partial charge in [-0.25, -0.2) is 9.37 Å². The number of para-hydroxylation sites is 3. The van der Waals surface area contributed by atoms with Crippen LogP contribution in [-0.4, -0.2) is 59.7 Å². The number of nitrogens with zero attached hydrogens (tertiary/aromatic N) is 4. The van der Waals surface area contributed by atoms with Crippen molar-refractivity contribution in [3.63, 3.8) is 0 Å². The zero-order valence-electron chi connectivity index (χ0n) is 17.5. The molecule has 0 saturated carbocycles. The number of benzene rings is 2. The smallest absolute Gasteiger partial charge is 0.238 e. The van der Waals surface area contributed by atoms with Gasteiger partial charge >= 0.3 is 0 Å². The fraction of sp³-hybridized carbons (Fsp3) is 0.304. The van der Waals surface area contributed by atoms with Crippen LogP contribution in [0.4, 0.5) is 16.0 Å². The third-order valence-corrected chi connectivity index (χ3v) is 5.22. The third kappa shape index (κ3) is 4.86. The number of rotatable bonds is 7. The molecule has 3 aromatic rings. The second kappa shape index (κ2) is 9.61. The van der Waals surface area contributed by atoms with Crippen LogP contribution in [0.25, 0.3) is 5.69 Å². The molecule has 0 spiro atoms. The van der Waals surface area contributed by atoms with Crippen LogP contribution in [0.2, 0.25) is 0 Å². The fourth-order valence-electron chi connectivity index (χ4n) is 3.71. The molecule has 0 bridgehead atoms. The van der Waals surface area contributed by atoms with Crippen molar-refractivity contribution in [3.05, 3.63) is 66.7 Å². The molecule has 162 valence electrons. The predicted octanol–water partition coefficient (Wildman–Crippen LogP) is 3.17. The molecule has 0 atom stereocenters.